The van der Waals surface area contributed by atoms with Crippen molar-refractivity contribution in [3.05, 3.63) is 28.7 Å². The van der Waals surface area contributed by atoms with Gasteiger partial charge in [-0.1, -0.05) is 19.3 Å². The molecule has 1 aromatic heterocycles. The zero-order chi connectivity index (χ0) is 17.9. The fraction of sp³-hybridized carbons (Fsp3) is 0.647. The van der Waals surface area contributed by atoms with Crippen molar-refractivity contribution in [3.63, 3.8) is 0 Å². The largest absolute Gasteiger partial charge is 0.352 e. The molecule has 0 atom stereocenters. The molecule has 0 bridgehead atoms. The molecule has 0 unspecified atom stereocenters. The summed E-state index contributed by atoms with van der Waals surface area (Å²) in [7, 11) is -3.62. The predicted octanol–water partition coefficient (Wildman–Crippen LogP) is 1.08. The van der Waals surface area contributed by atoms with Crippen LogP contribution in [0.5, 0.6) is 0 Å². The number of sulfonamides is 1. The molecular weight excluding hydrogens is 342 g/mol. The van der Waals surface area contributed by atoms with E-state index in [-0.39, 0.29) is 28.9 Å². The van der Waals surface area contributed by atoms with Crippen molar-refractivity contribution < 1.29 is 13.2 Å². The van der Waals surface area contributed by atoms with Gasteiger partial charge in [0.1, 0.15) is 6.54 Å². The Morgan fingerprint density at radius 1 is 1.08 bits per heavy atom. The van der Waals surface area contributed by atoms with Crippen molar-refractivity contribution in [1.29, 1.82) is 0 Å². The molecule has 8 heteroatoms. The smallest absolute Gasteiger partial charge is 0.251 e. The van der Waals surface area contributed by atoms with Gasteiger partial charge in [0.05, 0.1) is 4.90 Å². The number of pyridine rings is 1. The molecule has 0 spiro atoms. The number of nitrogens with zero attached hydrogens (tertiary/aromatic N) is 2. The molecule has 1 aliphatic carbocycles. The van der Waals surface area contributed by atoms with Crippen LogP contribution in [-0.2, 0) is 21.4 Å². The second-order valence-electron chi connectivity index (χ2n) is 6.84. The number of hydrogen-bond donors (Lipinski definition) is 1. The lowest BCUT2D eigenvalue weighted by atomic mass is 10.2. The summed E-state index contributed by atoms with van der Waals surface area (Å²) in [6.07, 6.45) is 8.16. The number of nitrogens with one attached hydrogen (secondary N) is 1. The SMILES string of the molecule is O=C(Cn1cc(S(=O)(=O)N2CCCCC2)ccc1=O)NC1CCCC1. The van der Waals surface area contributed by atoms with Gasteiger partial charge in [0.15, 0.2) is 0 Å². The van der Waals surface area contributed by atoms with Crippen LogP contribution in [0.1, 0.15) is 44.9 Å². The van der Waals surface area contributed by atoms with Crippen LogP contribution in [0, 0.1) is 0 Å². The summed E-state index contributed by atoms with van der Waals surface area (Å²) in [6, 6.07) is 2.72. The molecule has 1 amide bonds. The molecule has 3 rings (SSSR count). The van der Waals surface area contributed by atoms with Crippen LogP contribution < -0.4 is 10.9 Å². The Bertz CT molecular complexity index is 775. The molecular formula is C17H25N3O4S. The van der Waals surface area contributed by atoms with E-state index in [9.17, 15) is 18.0 Å². The van der Waals surface area contributed by atoms with Crippen molar-refractivity contribution in [2.75, 3.05) is 13.1 Å². The highest BCUT2D eigenvalue weighted by molar-refractivity contribution is 7.89. The van der Waals surface area contributed by atoms with Crippen LogP contribution in [0.15, 0.2) is 28.0 Å². The highest BCUT2D eigenvalue weighted by Crippen LogP contribution is 2.20. The molecule has 2 heterocycles. The Labute approximate surface area is 148 Å². The fourth-order valence-electron chi connectivity index (χ4n) is 3.54. The molecule has 1 saturated heterocycles. The second kappa shape index (κ2) is 7.70. The zero-order valence-electron chi connectivity index (χ0n) is 14.3. The molecule has 2 aliphatic rings. The third kappa shape index (κ3) is 4.30. The van der Waals surface area contributed by atoms with Crippen LogP contribution >= 0.6 is 0 Å². The number of aromatic nitrogens is 1. The highest BCUT2D eigenvalue weighted by Gasteiger charge is 2.26. The second-order valence-corrected chi connectivity index (χ2v) is 8.78. The van der Waals surface area contributed by atoms with Crippen LogP contribution in [0.3, 0.4) is 0 Å². The summed E-state index contributed by atoms with van der Waals surface area (Å²) in [6.45, 7) is 0.853. The standard InChI is InChI=1S/C17H25N3O4S/c21-16(18-14-6-2-3-7-14)13-19-12-15(8-9-17(19)22)25(23,24)20-10-4-1-5-11-20/h8-9,12,14H,1-7,10-11,13H2,(H,18,21). The Hall–Kier alpha value is -1.67. The number of piperidine rings is 1. The lowest BCUT2D eigenvalue weighted by Crippen LogP contribution is -2.38. The first kappa shape index (κ1) is 18.1. The monoisotopic (exact) mass is 367 g/mol. The number of amides is 1. The van der Waals surface area contributed by atoms with Crippen molar-refractivity contribution >= 4 is 15.9 Å². The van der Waals surface area contributed by atoms with Gasteiger partial charge in [0.2, 0.25) is 15.9 Å². The highest BCUT2D eigenvalue weighted by atomic mass is 32.2. The summed E-state index contributed by atoms with van der Waals surface area (Å²) < 4.78 is 28.1. The van der Waals surface area contributed by atoms with Crippen molar-refractivity contribution in [2.45, 2.75) is 62.4 Å². The van der Waals surface area contributed by atoms with Crippen LogP contribution in [0.25, 0.3) is 0 Å². The van der Waals surface area contributed by atoms with E-state index in [1.807, 2.05) is 0 Å². The van der Waals surface area contributed by atoms with Gasteiger partial charge in [0, 0.05) is 31.4 Å². The quantitative estimate of drug-likeness (QED) is 0.843. The molecule has 1 saturated carbocycles. The number of carbonyl (C=O) groups is 1. The zero-order valence-corrected chi connectivity index (χ0v) is 15.1. The maximum atomic E-state index is 12.7. The summed E-state index contributed by atoms with van der Waals surface area (Å²) >= 11 is 0. The Morgan fingerprint density at radius 3 is 2.44 bits per heavy atom. The van der Waals surface area contributed by atoms with Crippen LogP contribution in [-0.4, -0.2) is 42.3 Å². The third-order valence-electron chi connectivity index (χ3n) is 4.94. The summed E-state index contributed by atoms with van der Waals surface area (Å²) in [5, 5.41) is 2.92. The Morgan fingerprint density at radius 2 is 1.76 bits per heavy atom. The van der Waals surface area contributed by atoms with E-state index in [1.54, 1.807) is 0 Å². The van der Waals surface area contributed by atoms with Gasteiger partial charge in [-0.25, -0.2) is 8.42 Å². The Balaban J connectivity index is 1.75. The van der Waals surface area contributed by atoms with Crippen LogP contribution in [0.2, 0.25) is 0 Å². The predicted molar refractivity (Wildman–Crippen MR) is 93.7 cm³/mol. The molecule has 1 aliphatic heterocycles. The van der Waals surface area contributed by atoms with Gasteiger partial charge >= 0.3 is 0 Å². The summed E-state index contributed by atoms with van der Waals surface area (Å²) in [5.41, 5.74) is -0.376. The first-order valence-electron chi connectivity index (χ1n) is 8.97. The maximum Gasteiger partial charge on any atom is 0.251 e. The average Bonchev–Trinajstić information content (AvgIpc) is 3.10. The van der Waals surface area contributed by atoms with E-state index < -0.39 is 10.0 Å². The molecule has 25 heavy (non-hydrogen) atoms. The number of carbonyl (C=O) groups excluding carboxylic acids is 1. The van der Waals surface area contributed by atoms with E-state index in [0.717, 1.165) is 44.9 Å². The van der Waals surface area contributed by atoms with E-state index in [2.05, 4.69) is 5.32 Å². The number of hydrogen-bond acceptors (Lipinski definition) is 4. The van der Waals surface area contributed by atoms with Gasteiger partial charge in [-0.2, -0.15) is 4.31 Å². The van der Waals surface area contributed by atoms with Crippen LogP contribution in [0.4, 0.5) is 0 Å². The normalized spacial score (nSPS) is 19.8. The first-order chi connectivity index (χ1) is 12.0. The summed E-state index contributed by atoms with van der Waals surface area (Å²) in [5.74, 6) is -0.249. The van der Waals surface area contributed by atoms with Gasteiger partial charge in [-0.05, 0) is 31.7 Å². The van der Waals surface area contributed by atoms with Crippen molar-refractivity contribution in [1.82, 2.24) is 14.2 Å². The van der Waals surface area contributed by atoms with E-state index >= 15 is 0 Å². The maximum absolute atomic E-state index is 12.7. The van der Waals surface area contributed by atoms with E-state index in [0.29, 0.717) is 13.1 Å². The molecule has 0 radical (unpaired) electrons. The third-order valence-corrected chi connectivity index (χ3v) is 6.83. The van der Waals surface area contributed by atoms with E-state index in [1.165, 1.54) is 27.2 Å². The first-order valence-corrected chi connectivity index (χ1v) is 10.4. The summed E-state index contributed by atoms with van der Waals surface area (Å²) in [4.78, 5) is 24.2. The molecule has 138 valence electrons. The molecule has 1 aromatic rings. The number of rotatable bonds is 5. The van der Waals surface area contributed by atoms with Crippen molar-refractivity contribution in [2.24, 2.45) is 0 Å². The van der Waals surface area contributed by atoms with E-state index in [4.69, 9.17) is 0 Å². The van der Waals surface area contributed by atoms with Gasteiger partial charge in [-0.3, -0.25) is 9.59 Å². The lowest BCUT2D eigenvalue weighted by Gasteiger charge is -2.26. The minimum Gasteiger partial charge on any atom is -0.352 e. The minimum atomic E-state index is -3.62. The molecule has 2 fully saturated rings. The molecule has 1 N–H and O–H groups in total. The average molecular weight is 367 g/mol. The Kier molecular flexibility index (Phi) is 5.58. The lowest BCUT2D eigenvalue weighted by molar-refractivity contribution is -0.122. The van der Waals surface area contributed by atoms with Gasteiger partial charge in [-0.15, -0.1) is 0 Å². The van der Waals surface area contributed by atoms with Crippen molar-refractivity contribution in [3.8, 4) is 0 Å². The molecule has 7 nitrogen and oxygen atoms in total. The minimum absolute atomic E-state index is 0.0719. The molecule has 0 aromatic carbocycles. The topological polar surface area (TPSA) is 88.5 Å². The fourth-order valence-corrected chi connectivity index (χ4v) is 5.08. The van der Waals surface area contributed by atoms with Gasteiger partial charge in [0.25, 0.3) is 5.56 Å². The van der Waals surface area contributed by atoms with Gasteiger partial charge < -0.3 is 9.88 Å².